The molecular formula is C37H33F2N5O3S. The molecule has 2 aromatic heterocycles. The number of halogens is 2. The number of fused-ring (bicyclic) bond motifs is 1. The molecule has 0 bridgehead atoms. The maximum atomic E-state index is 15.7. The molecule has 5 aromatic rings. The van der Waals surface area contributed by atoms with Gasteiger partial charge in [-0.1, -0.05) is 37.3 Å². The molecule has 7 rings (SSSR count). The molecule has 2 saturated carbocycles. The third kappa shape index (κ3) is 6.66. The molecule has 48 heavy (non-hydrogen) atoms. The summed E-state index contributed by atoms with van der Waals surface area (Å²) in [6.07, 6.45) is 3.98. The normalized spacial score (nSPS) is 16.2. The van der Waals surface area contributed by atoms with Gasteiger partial charge in [-0.05, 0) is 78.9 Å². The first-order chi connectivity index (χ1) is 23.0. The Labute approximate surface area is 277 Å². The molecule has 1 atom stereocenters. The quantitative estimate of drug-likeness (QED) is 0.117. The summed E-state index contributed by atoms with van der Waals surface area (Å²) in [7, 11) is -2.70. The number of amides is 1. The third-order valence-corrected chi connectivity index (χ3v) is 11.1. The predicted octanol–water partition coefficient (Wildman–Crippen LogP) is 7.42. The molecule has 1 amide bonds. The van der Waals surface area contributed by atoms with Crippen molar-refractivity contribution in [2.45, 2.75) is 57.4 Å². The molecular weight excluding hydrogens is 633 g/mol. The zero-order valence-corrected chi connectivity index (χ0v) is 27.2. The van der Waals surface area contributed by atoms with Gasteiger partial charge in [0.05, 0.1) is 33.0 Å². The van der Waals surface area contributed by atoms with Crippen LogP contribution in [0.5, 0.6) is 5.88 Å². The van der Waals surface area contributed by atoms with Crippen molar-refractivity contribution in [2.24, 2.45) is 5.41 Å². The van der Waals surface area contributed by atoms with E-state index in [4.69, 9.17) is 16.3 Å². The number of rotatable bonds is 11. The predicted molar refractivity (Wildman–Crippen MR) is 182 cm³/mol. The number of carbonyl (C=O) groups is 1. The van der Waals surface area contributed by atoms with Crippen molar-refractivity contribution < 1.29 is 22.5 Å². The highest BCUT2D eigenvalue weighted by Gasteiger charge is 2.38. The van der Waals surface area contributed by atoms with Crippen molar-refractivity contribution in [3.05, 3.63) is 118 Å². The smallest absolute Gasteiger partial charge is 0.262 e. The molecule has 11 heteroatoms. The van der Waals surface area contributed by atoms with E-state index in [9.17, 15) is 13.4 Å². The number of carbonyl (C=O) groups excluding carboxylic acids is 1. The first-order valence-corrected chi connectivity index (χ1v) is 17.5. The largest absolute Gasteiger partial charge is 0.473 e. The Hall–Kier alpha value is -5.08. The van der Waals surface area contributed by atoms with Crippen LogP contribution in [0.4, 0.5) is 14.5 Å². The average molecular weight is 666 g/mol. The van der Waals surface area contributed by atoms with Crippen molar-refractivity contribution in [3.63, 3.8) is 0 Å². The number of nitrogens with one attached hydrogen (secondary N) is 1. The van der Waals surface area contributed by atoms with Crippen molar-refractivity contribution in [1.82, 2.24) is 19.3 Å². The lowest BCUT2D eigenvalue weighted by Crippen LogP contribution is -2.33. The lowest BCUT2D eigenvalue weighted by Gasteiger charge is -2.15. The highest BCUT2D eigenvalue weighted by Crippen LogP contribution is 2.47. The van der Waals surface area contributed by atoms with Gasteiger partial charge >= 0.3 is 0 Å². The van der Waals surface area contributed by atoms with Gasteiger partial charge in [-0.25, -0.2) is 27.8 Å². The molecule has 0 spiro atoms. The Bertz CT molecular complexity index is 2230. The second kappa shape index (κ2) is 12.2. The van der Waals surface area contributed by atoms with Gasteiger partial charge in [-0.3, -0.25) is 9.52 Å². The lowest BCUT2D eigenvalue weighted by molar-refractivity contribution is 0.0982. The molecule has 8 nitrogen and oxygen atoms in total. The van der Waals surface area contributed by atoms with Crippen LogP contribution in [0.3, 0.4) is 0 Å². The van der Waals surface area contributed by atoms with Crippen molar-refractivity contribution in [1.29, 1.82) is 0 Å². The second-order valence-corrected chi connectivity index (χ2v) is 15.3. The third-order valence-electron chi connectivity index (χ3n) is 9.02. The number of hydrogen-bond acceptors (Lipinski definition) is 5. The van der Waals surface area contributed by atoms with Gasteiger partial charge in [-0.2, -0.15) is 0 Å². The fourth-order valence-electron chi connectivity index (χ4n) is 5.68. The summed E-state index contributed by atoms with van der Waals surface area (Å²) in [5.41, 5.74) is 3.96. The number of hydrogen-bond donors (Lipinski definition) is 1. The van der Waals surface area contributed by atoms with Gasteiger partial charge in [0.2, 0.25) is 5.88 Å². The number of benzene rings is 3. The molecule has 2 aliphatic rings. The standard InChI is InChI=1S/C37H33F2N5O3S/c1-37(15-16-37)22-44-33-18-25(36(45)43-48(3,46)28-12-13-28)10-14-32(33)41-34(44)19-23-7-8-24(17-29(23)38)31-5-4-6-35(42-31)47-21-26-9-11-27(40-2)20-30(26)39/h4-11,14,17-18,20,28H,3,12-13,15-16,19,21-22H2,1H3,(H,43,45,46). The number of ether oxygens (including phenoxy) is 1. The van der Waals surface area contributed by atoms with Gasteiger partial charge in [0, 0.05) is 41.0 Å². The molecule has 0 aliphatic heterocycles. The highest BCUT2D eigenvalue weighted by molar-refractivity contribution is 7.99. The first-order valence-electron chi connectivity index (χ1n) is 15.7. The van der Waals surface area contributed by atoms with Crippen LogP contribution in [0.2, 0.25) is 0 Å². The fraction of sp³-hybridized carbons (Fsp3) is 0.270. The van der Waals surface area contributed by atoms with Crippen molar-refractivity contribution in [3.8, 4) is 17.1 Å². The van der Waals surface area contributed by atoms with Crippen LogP contribution in [0.25, 0.3) is 27.1 Å². The Balaban J connectivity index is 1.12. The molecule has 3 aromatic carbocycles. The van der Waals surface area contributed by atoms with E-state index in [2.05, 4.69) is 31.9 Å². The van der Waals surface area contributed by atoms with Crippen molar-refractivity contribution in [2.75, 3.05) is 0 Å². The van der Waals surface area contributed by atoms with E-state index >= 15 is 4.39 Å². The number of imidazole rings is 1. The summed E-state index contributed by atoms with van der Waals surface area (Å²) in [4.78, 5) is 25.6. The minimum Gasteiger partial charge on any atom is -0.473 e. The summed E-state index contributed by atoms with van der Waals surface area (Å²) in [5, 5.41) is -0.0710. The highest BCUT2D eigenvalue weighted by atomic mass is 32.2. The summed E-state index contributed by atoms with van der Waals surface area (Å²) >= 11 is 0. The van der Waals surface area contributed by atoms with Gasteiger partial charge in [0.1, 0.15) is 24.1 Å². The fourth-order valence-corrected chi connectivity index (χ4v) is 7.17. The maximum Gasteiger partial charge on any atom is 0.262 e. The monoisotopic (exact) mass is 665 g/mol. The van der Waals surface area contributed by atoms with E-state index in [0.29, 0.717) is 45.8 Å². The summed E-state index contributed by atoms with van der Waals surface area (Å²) < 4.78 is 53.2. The van der Waals surface area contributed by atoms with E-state index in [1.165, 1.54) is 18.2 Å². The Kier molecular flexibility index (Phi) is 8.00. The van der Waals surface area contributed by atoms with Crippen LogP contribution in [0.15, 0.2) is 72.8 Å². The minimum absolute atomic E-state index is 0.0710. The van der Waals surface area contributed by atoms with Crippen LogP contribution < -0.4 is 9.46 Å². The van der Waals surface area contributed by atoms with Crippen LogP contribution in [0, 0.1) is 23.6 Å². The summed E-state index contributed by atoms with van der Waals surface area (Å²) in [6, 6.07) is 19.5. The maximum absolute atomic E-state index is 15.7. The minimum atomic E-state index is -2.70. The lowest BCUT2D eigenvalue weighted by atomic mass is 10.0. The molecule has 1 N–H and O–H groups in total. The molecule has 2 heterocycles. The molecule has 2 fully saturated rings. The average Bonchev–Trinajstić information content (AvgIpc) is 4.01. The topological polar surface area (TPSA) is 90.5 Å². The first kappa shape index (κ1) is 31.5. The summed E-state index contributed by atoms with van der Waals surface area (Å²) in [6.45, 7) is 9.83. The zero-order valence-electron chi connectivity index (χ0n) is 26.3. The Morgan fingerprint density at radius 3 is 2.54 bits per heavy atom. The summed E-state index contributed by atoms with van der Waals surface area (Å²) in [5.74, 6) is 3.33. The van der Waals surface area contributed by atoms with Crippen LogP contribution in [-0.4, -0.2) is 35.8 Å². The van der Waals surface area contributed by atoms with Gasteiger partial charge in [0.15, 0.2) is 5.69 Å². The molecule has 2 aliphatic carbocycles. The number of aromatic nitrogens is 3. The van der Waals surface area contributed by atoms with Gasteiger partial charge in [-0.15, -0.1) is 0 Å². The molecule has 0 radical (unpaired) electrons. The number of pyridine rings is 1. The molecule has 1 unspecified atom stereocenters. The van der Waals surface area contributed by atoms with Crippen LogP contribution >= 0.6 is 0 Å². The van der Waals surface area contributed by atoms with Crippen molar-refractivity contribution >= 4 is 38.2 Å². The second-order valence-electron chi connectivity index (χ2n) is 13.0. The van der Waals surface area contributed by atoms with E-state index in [1.807, 2.05) is 0 Å². The zero-order chi connectivity index (χ0) is 33.6. The van der Waals surface area contributed by atoms with Crippen LogP contribution in [0.1, 0.15) is 59.9 Å². The van der Waals surface area contributed by atoms with E-state index in [-0.39, 0.29) is 35.3 Å². The van der Waals surface area contributed by atoms with Gasteiger partial charge < -0.3 is 9.30 Å². The van der Waals surface area contributed by atoms with Crippen LogP contribution in [-0.2, 0) is 29.3 Å². The SMILES string of the molecule is [C-]#[N+]c1ccc(COc2cccc(-c3ccc(Cc4nc5ccc(C(=O)NS(=C)(=O)C6CC6)cc5n4CC4(C)CC4)c(F)c3)n2)c(F)c1. The Morgan fingerprint density at radius 1 is 1.06 bits per heavy atom. The van der Waals surface area contributed by atoms with E-state index in [1.54, 1.807) is 48.5 Å². The van der Waals surface area contributed by atoms with E-state index < -0.39 is 27.2 Å². The van der Waals surface area contributed by atoms with E-state index in [0.717, 1.165) is 37.3 Å². The van der Waals surface area contributed by atoms with Gasteiger partial charge in [0.25, 0.3) is 5.91 Å². The Morgan fingerprint density at radius 2 is 1.83 bits per heavy atom. The number of nitrogens with zero attached hydrogens (tertiary/aromatic N) is 4. The molecule has 244 valence electrons. The molecule has 0 saturated heterocycles.